The van der Waals surface area contributed by atoms with Gasteiger partial charge in [-0.2, -0.15) is 10.2 Å². The second kappa shape index (κ2) is 11.8. The van der Waals surface area contributed by atoms with Crippen molar-refractivity contribution in [3.63, 3.8) is 0 Å². The highest BCUT2D eigenvalue weighted by atomic mass is 31.2. The predicted molar refractivity (Wildman–Crippen MR) is 149 cm³/mol. The van der Waals surface area contributed by atoms with Gasteiger partial charge >= 0.3 is 0 Å². The molecule has 0 aliphatic heterocycles. The monoisotopic (exact) mass is 481 g/mol. The summed E-state index contributed by atoms with van der Waals surface area (Å²) < 4.78 is 0. The van der Waals surface area contributed by atoms with E-state index in [1.165, 1.54) is 0 Å². The number of guanidine groups is 2. The molecule has 35 heavy (non-hydrogen) atoms. The first-order valence-corrected chi connectivity index (χ1v) is 13.2. The van der Waals surface area contributed by atoms with Crippen molar-refractivity contribution in [2.24, 2.45) is 21.5 Å². The van der Waals surface area contributed by atoms with Crippen LogP contribution in [0.5, 0.6) is 0 Å². The molecule has 6 N–H and O–H groups in total. The minimum Gasteiger partial charge on any atom is -0.367 e. The first-order chi connectivity index (χ1) is 17.2. The van der Waals surface area contributed by atoms with Crippen LogP contribution in [0.2, 0.25) is 0 Å². The van der Waals surface area contributed by atoms with Crippen molar-refractivity contribution >= 4 is 30.1 Å². The molecule has 4 aromatic rings. The van der Waals surface area contributed by atoms with Gasteiger partial charge in [0.2, 0.25) is 11.9 Å². The maximum Gasteiger partial charge on any atom is 0.263 e. The summed E-state index contributed by atoms with van der Waals surface area (Å²) in [5, 5.41) is 9.12. The van der Waals surface area contributed by atoms with Gasteiger partial charge in [-0.25, -0.2) is 9.98 Å². The summed E-state index contributed by atoms with van der Waals surface area (Å²) in [5.74, 6) is 0.663. The Morgan fingerprint density at radius 3 is 1.17 bits per heavy atom. The summed E-state index contributed by atoms with van der Waals surface area (Å²) in [6.45, 7) is 0.946. The topological polar surface area (TPSA) is 101 Å². The second-order valence-corrected chi connectivity index (χ2v) is 10.8. The van der Waals surface area contributed by atoms with E-state index in [2.05, 4.69) is 44.4 Å². The number of nitrogens with zero attached hydrogens (tertiary/aromatic N) is 2. The molecule has 6 nitrogen and oxygen atoms in total. The minimum atomic E-state index is -2.57. The van der Waals surface area contributed by atoms with Gasteiger partial charge in [-0.1, -0.05) is 97.1 Å². The number of aliphatic imine (C=N–C) groups is 2. The summed E-state index contributed by atoms with van der Waals surface area (Å²) in [4.78, 5) is 9.24. The summed E-state index contributed by atoms with van der Waals surface area (Å²) in [5.41, 5.74) is 15.1. The van der Waals surface area contributed by atoms with Crippen molar-refractivity contribution in [2.45, 2.75) is 13.1 Å². The van der Waals surface area contributed by atoms with Crippen LogP contribution in [0.1, 0.15) is 11.1 Å². The molecule has 0 saturated heterocycles. The molecule has 7 heteroatoms. The Kier molecular flexibility index (Phi) is 8.10. The van der Waals surface area contributed by atoms with Crippen molar-refractivity contribution in [3.8, 4) is 0 Å². The van der Waals surface area contributed by atoms with Gasteiger partial charge in [0.25, 0.3) is 7.56 Å². The quantitative estimate of drug-likeness (QED) is 0.175. The van der Waals surface area contributed by atoms with Crippen LogP contribution >= 0.6 is 7.56 Å². The van der Waals surface area contributed by atoms with E-state index >= 15 is 0 Å². The lowest BCUT2D eigenvalue weighted by Gasteiger charge is -2.28. The molecule has 0 spiro atoms. The average Bonchev–Trinajstić information content (AvgIpc) is 2.92. The Balaban J connectivity index is 1.70. The zero-order chi connectivity index (χ0) is 24.3. The van der Waals surface area contributed by atoms with Crippen molar-refractivity contribution in [2.75, 3.05) is 0 Å². The molecule has 0 aromatic heterocycles. The third kappa shape index (κ3) is 6.46. The van der Waals surface area contributed by atoms with Gasteiger partial charge in [-0.15, -0.1) is 0 Å². The maximum absolute atomic E-state index is 6.47. The number of hydrogen-bond donors (Lipinski definition) is 4. The first kappa shape index (κ1) is 24.0. The van der Waals surface area contributed by atoms with Crippen LogP contribution in [-0.4, -0.2) is 11.9 Å². The Labute approximate surface area is 207 Å². The van der Waals surface area contributed by atoms with Crippen LogP contribution in [0.4, 0.5) is 0 Å². The molecule has 0 bridgehead atoms. The Morgan fingerprint density at radius 2 is 0.829 bits per heavy atom. The number of nitrogens with one attached hydrogen (secondary N) is 2. The predicted octanol–water partition coefficient (Wildman–Crippen LogP) is 3.69. The smallest absolute Gasteiger partial charge is 0.263 e. The van der Waals surface area contributed by atoms with E-state index in [4.69, 9.17) is 11.5 Å². The first-order valence-electron chi connectivity index (χ1n) is 11.4. The molecule has 0 radical (unpaired) electrons. The molecule has 0 aliphatic rings. The molecule has 4 rings (SSSR count). The molecule has 0 unspecified atom stereocenters. The molecule has 0 amide bonds. The van der Waals surface area contributed by atoms with Gasteiger partial charge in [0, 0.05) is 0 Å². The largest absolute Gasteiger partial charge is 0.367 e. The Hall–Kier alpha value is -4.15. The number of hydrogen-bond acceptors (Lipinski definition) is 2. The molecule has 4 aromatic carbocycles. The lowest BCUT2D eigenvalue weighted by Crippen LogP contribution is -2.50. The van der Waals surface area contributed by atoms with E-state index in [1.807, 2.05) is 97.1 Å². The number of nitrogens with two attached hydrogens (primary N) is 2. The summed E-state index contributed by atoms with van der Waals surface area (Å²) in [6.07, 6.45) is 0. The van der Waals surface area contributed by atoms with Gasteiger partial charge in [0.15, 0.2) is 0 Å². The molecular formula is C28H30N6P+. The van der Waals surface area contributed by atoms with E-state index in [9.17, 15) is 0 Å². The normalized spacial score (nSPS) is 12.2. The van der Waals surface area contributed by atoms with E-state index < -0.39 is 7.56 Å². The highest BCUT2D eigenvalue weighted by Crippen LogP contribution is 2.47. The molecule has 0 aliphatic carbocycles. The van der Waals surface area contributed by atoms with E-state index in [0.717, 1.165) is 21.7 Å². The fourth-order valence-electron chi connectivity index (χ4n) is 3.67. The lowest BCUT2D eigenvalue weighted by atomic mass is 10.2. The standard InChI is InChI=1S/C28H30N6P/c29-27(31-21-23-13-5-1-6-14-23)33-35(25-17-9-3-10-18-25,26-19-11-4-12-20-26)34-28(30)32-22-24-15-7-2-8-16-24/h1-20H,21-22H2,(H3,29,31,33)(H3,30,32,34)/q+1. The molecule has 0 fully saturated rings. The van der Waals surface area contributed by atoms with Crippen molar-refractivity contribution in [3.05, 3.63) is 132 Å². The van der Waals surface area contributed by atoms with Crippen molar-refractivity contribution < 1.29 is 0 Å². The van der Waals surface area contributed by atoms with Gasteiger partial charge in [0.1, 0.15) is 10.6 Å². The van der Waals surface area contributed by atoms with Gasteiger partial charge in [-0.05, 0) is 35.4 Å². The molecule has 0 atom stereocenters. The third-order valence-corrected chi connectivity index (χ3v) is 8.68. The zero-order valence-corrected chi connectivity index (χ0v) is 20.4. The number of rotatable bonds is 8. The molecule has 0 saturated carbocycles. The Bertz CT molecular complexity index is 1140. The zero-order valence-electron chi connectivity index (χ0n) is 19.5. The van der Waals surface area contributed by atoms with Gasteiger partial charge < -0.3 is 11.5 Å². The second-order valence-electron chi connectivity index (χ2n) is 7.94. The van der Waals surface area contributed by atoms with Gasteiger partial charge in [0.05, 0.1) is 13.1 Å². The maximum atomic E-state index is 6.47. The van der Waals surface area contributed by atoms with E-state index in [-0.39, 0.29) is 0 Å². The lowest BCUT2D eigenvalue weighted by molar-refractivity contribution is 1.03. The summed E-state index contributed by atoms with van der Waals surface area (Å²) >= 11 is 0. The third-order valence-electron chi connectivity index (χ3n) is 5.40. The minimum absolute atomic E-state index is 0.332. The van der Waals surface area contributed by atoms with Crippen LogP contribution in [0.3, 0.4) is 0 Å². The van der Waals surface area contributed by atoms with Gasteiger partial charge in [-0.3, -0.25) is 0 Å². The fraction of sp³-hybridized carbons (Fsp3) is 0.0714. The van der Waals surface area contributed by atoms with Crippen LogP contribution < -0.4 is 32.3 Å². The van der Waals surface area contributed by atoms with Crippen molar-refractivity contribution in [1.82, 2.24) is 10.2 Å². The highest BCUT2D eigenvalue weighted by molar-refractivity contribution is 7.87. The van der Waals surface area contributed by atoms with E-state index in [0.29, 0.717) is 25.0 Å². The van der Waals surface area contributed by atoms with E-state index in [1.54, 1.807) is 0 Å². The number of benzene rings is 4. The van der Waals surface area contributed by atoms with Crippen LogP contribution in [0.25, 0.3) is 0 Å². The summed E-state index contributed by atoms with van der Waals surface area (Å²) in [7, 11) is -2.57. The molecule has 0 heterocycles. The van der Waals surface area contributed by atoms with Crippen LogP contribution in [-0.2, 0) is 13.1 Å². The van der Waals surface area contributed by atoms with Crippen LogP contribution in [0, 0.1) is 0 Å². The summed E-state index contributed by atoms with van der Waals surface area (Å²) in [6, 6.07) is 40.3. The fourth-order valence-corrected chi connectivity index (χ4v) is 6.61. The van der Waals surface area contributed by atoms with Crippen LogP contribution in [0.15, 0.2) is 131 Å². The average molecular weight is 482 g/mol. The SMILES string of the molecule is NC(=NCc1ccccc1)N[P+](NC(N)=NCc1ccccc1)(c1ccccc1)c1ccccc1. The van der Waals surface area contributed by atoms with Crippen molar-refractivity contribution in [1.29, 1.82) is 0 Å². The highest BCUT2D eigenvalue weighted by Gasteiger charge is 2.45. The molecule has 176 valence electrons. The Morgan fingerprint density at radius 1 is 0.514 bits per heavy atom. The molecular weight excluding hydrogens is 451 g/mol.